The van der Waals surface area contributed by atoms with Crippen molar-refractivity contribution in [3.8, 4) is 0 Å². The minimum absolute atomic E-state index is 0.120. The van der Waals surface area contributed by atoms with Gasteiger partial charge in [0, 0.05) is 24.0 Å². The lowest BCUT2D eigenvalue weighted by atomic mass is 10.2. The Kier molecular flexibility index (Phi) is 4.06. The molecule has 1 aromatic heterocycles. The van der Waals surface area contributed by atoms with Gasteiger partial charge < -0.3 is 4.57 Å². The molecule has 1 fully saturated rings. The van der Waals surface area contributed by atoms with Gasteiger partial charge in [-0.05, 0) is 69.0 Å². The van der Waals surface area contributed by atoms with E-state index >= 15 is 0 Å². The minimum Gasteiger partial charge on any atom is -0.346 e. The van der Waals surface area contributed by atoms with Crippen molar-refractivity contribution in [3.63, 3.8) is 0 Å². The normalized spacial score (nSPS) is 15.1. The Hall–Kier alpha value is -1.66. The minimum atomic E-state index is -3.66. The number of aromatic nitrogens is 1. The first-order valence-electron chi connectivity index (χ1n) is 7.72. The third-order valence-corrected chi connectivity index (χ3v) is 5.94. The highest BCUT2D eigenvalue weighted by Gasteiger charge is 2.27. The molecule has 0 spiro atoms. The Morgan fingerprint density at radius 3 is 2.52 bits per heavy atom. The lowest BCUT2D eigenvalue weighted by Crippen LogP contribution is -2.24. The van der Waals surface area contributed by atoms with Gasteiger partial charge in [-0.3, -0.25) is 0 Å². The molecule has 1 N–H and O–H groups in total. The van der Waals surface area contributed by atoms with Crippen molar-refractivity contribution in [3.05, 3.63) is 52.6 Å². The van der Waals surface area contributed by atoms with Crippen LogP contribution in [0, 0.1) is 26.6 Å². The molecule has 3 rings (SSSR count). The van der Waals surface area contributed by atoms with Gasteiger partial charge in [-0.1, -0.05) is 0 Å². The van der Waals surface area contributed by atoms with Crippen molar-refractivity contribution < 1.29 is 12.8 Å². The molecule has 0 unspecified atom stereocenters. The summed E-state index contributed by atoms with van der Waals surface area (Å²) in [5.74, 6) is -0.436. The zero-order valence-electron chi connectivity index (χ0n) is 13.6. The summed E-state index contributed by atoms with van der Waals surface area (Å²) >= 11 is 0. The number of halogens is 1. The predicted molar refractivity (Wildman–Crippen MR) is 87.3 cm³/mol. The quantitative estimate of drug-likeness (QED) is 0.910. The zero-order chi connectivity index (χ0) is 16.8. The Bertz CT molecular complexity index is 852. The SMILES string of the molecule is Cc1cc(F)ccc1S(=O)(=O)NCc1cc(C)n(C2CC2)c1C. The van der Waals surface area contributed by atoms with Gasteiger partial charge in [-0.2, -0.15) is 0 Å². The van der Waals surface area contributed by atoms with E-state index in [-0.39, 0.29) is 11.4 Å². The summed E-state index contributed by atoms with van der Waals surface area (Å²) in [5, 5.41) is 0. The summed E-state index contributed by atoms with van der Waals surface area (Å²) in [6, 6.07) is 6.31. The highest BCUT2D eigenvalue weighted by molar-refractivity contribution is 7.89. The summed E-state index contributed by atoms with van der Waals surface area (Å²) in [6.07, 6.45) is 2.38. The highest BCUT2D eigenvalue weighted by Crippen LogP contribution is 2.38. The number of hydrogen-bond donors (Lipinski definition) is 1. The largest absolute Gasteiger partial charge is 0.346 e. The molecule has 1 saturated carbocycles. The average molecular weight is 336 g/mol. The maximum atomic E-state index is 13.2. The number of nitrogens with one attached hydrogen (secondary N) is 1. The third kappa shape index (κ3) is 3.19. The van der Waals surface area contributed by atoms with Gasteiger partial charge in [0.15, 0.2) is 0 Å². The van der Waals surface area contributed by atoms with Crippen LogP contribution in [0.5, 0.6) is 0 Å². The molecule has 124 valence electrons. The number of sulfonamides is 1. The van der Waals surface area contributed by atoms with Gasteiger partial charge in [0.1, 0.15) is 5.82 Å². The van der Waals surface area contributed by atoms with Gasteiger partial charge in [-0.25, -0.2) is 17.5 Å². The van der Waals surface area contributed by atoms with Crippen LogP contribution in [0.2, 0.25) is 0 Å². The summed E-state index contributed by atoms with van der Waals surface area (Å²) in [6.45, 7) is 5.91. The van der Waals surface area contributed by atoms with Crippen molar-refractivity contribution in [2.24, 2.45) is 0 Å². The summed E-state index contributed by atoms with van der Waals surface area (Å²) < 4.78 is 43.0. The van der Waals surface area contributed by atoms with E-state index in [1.807, 2.05) is 19.9 Å². The van der Waals surface area contributed by atoms with Crippen LogP contribution in [0.4, 0.5) is 4.39 Å². The first kappa shape index (κ1) is 16.2. The fraction of sp³-hybridized carbons (Fsp3) is 0.412. The summed E-state index contributed by atoms with van der Waals surface area (Å²) in [7, 11) is -3.66. The van der Waals surface area contributed by atoms with Gasteiger partial charge >= 0.3 is 0 Å². The zero-order valence-corrected chi connectivity index (χ0v) is 14.4. The van der Waals surface area contributed by atoms with Crippen molar-refractivity contribution in [1.29, 1.82) is 0 Å². The fourth-order valence-electron chi connectivity index (χ4n) is 3.08. The fourth-order valence-corrected chi connectivity index (χ4v) is 4.31. The monoisotopic (exact) mass is 336 g/mol. The van der Waals surface area contributed by atoms with Crippen LogP contribution >= 0.6 is 0 Å². The van der Waals surface area contributed by atoms with Crippen LogP contribution in [0.15, 0.2) is 29.2 Å². The van der Waals surface area contributed by atoms with E-state index in [0.717, 1.165) is 17.0 Å². The lowest BCUT2D eigenvalue weighted by molar-refractivity contribution is 0.579. The molecule has 1 aromatic carbocycles. The van der Waals surface area contributed by atoms with Gasteiger partial charge in [0.25, 0.3) is 0 Å². The predicted octanol–water partition coefficient (Wildman–Crippen LogP) is 3.37. The molecule has 23 heavy (non-hydrogen) atoms. The summed E-state index contributed by atoms with van der Waals surface area (Å²) in [5.41, 5.74) is 3.67. The standard InChI is InChI=1S/C17H21FN2O2S/c1-11-8-15(18)4-7-17(11)23(21,22)19-10-14-9-12(2)20(13(14)3)16-5-6-16/h4,7-9,16,19H,5-6,10H2,1-3H3. The van der Waals surface area contributed by atoms with Crippen LogP contribution in [0.3, 0.4) is 0 Å². The first-order valence-corrected chi connectivity index (χ1v) is 9.21. The first-order chi connectivity index (χ1) is 10.8. The molecule has 0 aliphatic heterocycles. The van der Waals surface area contributed by atoms with Crippen LogP contribution in [0.25, 0.3) is 0 Å². The van der Waals surface area contributed by atoms with Crippen LogP contribution < -0.4 is 4.72 Å². The maximum Gasteiger partial charge on any atom is 0.241 e. The summed E-state index contributed by atoms with van der Waals surface area (Å²) in [4.78, 5) is 0.120. The van der Waals surface area contributed by atoms with Crippen LogP contribution in [-0.2, 0) is 16.6 Å². The molecular formula is C17H21FN2O2S. The Morgan fingerprint density at radius 2 is 1.91 bits per heavy atom. The van der Waals surface area contributed by atoms with Crippen molar-refractivity contribution in [2.45, 2.75) is 51.1 Å². The van der Waals surface area contributed by atoms with Gasteiger partial charge in [0.2, 0.25) is 10.0 Å². The van der Waals surface area contributed by atoms with E-state index in [9.17, 15) is 12.8 Å². The van der Waals surface area contributed by atoms with Gasteiger partial charge in [0.05, 0.1) is 4.90 Å². The molecule has 1 aliphatic carbocycles. The molecule has 0 radical (unpaired) electrons. The molecule has 2 aromatic rings. The van der Waals surface area contributed by atoms with E-state index in [4.69, 9.17) is 0 Å². The van der Waals surface area contributed by atoms with Gasteiger partial charge in [-0.15, -0.1) is 0 Å². The average Bonchev–Trinajstić information content (AvgIpc) is 3.23. The lowest BCUT2D eigenvalue weighted by Gasteiger charge is -2.10. The number of aryl methyl sites for hydroxylation is 2. The van der Waals surface area contributed by atoms with E-state index in [2.05, 4.69) is 9.29 Å². The van der Waals surface area contributed by atoms with E-state index in [0.29, 0.717) is 11.6 Å². The Balaban J connectivity index is 1.81. The molecule has 1 heterocycles. The molecular weight excluding hydrogens is 315 g/mol. The topological polar surface area (TPSA) is 51.1 Å². The number of hydrogen-bond acceptors (Lipinski definition) is 2. The third-order valence-electron chi connectivity index (χ3n) is 4.38. The second-order valence-electron chi connectivity index (χ2n) is 6.23. The molecule has 4 nitrogen and oxygen atoms in total. The van der Waals surface area contributed by atoms with Crippen LogP contribution in [-0.4, -0.2) is 13.0 Å². The smallest absolute Gasteiger partial charge is 0.241 e. The maximum absolute atomic E-state index is 13.2. The second-order valence-corrected chi connectivity index (χ2v) is 7.97. The Labute approximate surface area is 136 Å². The van der Waals surface area contributed by atoms with E-state index in [1.54, 1.807) is 6.92 Å². The molecule has 0 amide bonds. The number of nitrogens with zero attached hydrogens (tertiary/aromatic N) is 1. The highest BCUT2D eigenvalue weighted by atomic mass is 32.2. The van der Waals surface area contributed by atoms with Crippen molar-refractivity contribution in [2.75, 3.05) is 0 Å². The molecule has 1 aliphatic rings. The van der Waals surface area contributed by atoms with Crippen LogP contribution in [0.1, 0.15) is 41.4 Å². The van der Waals surface area contributed by atoms with E-state index in [1.165, 1.54) is 31.0 Å². The van der Waals surface area contributed by atoms with Crippen molar-refractivity contribution in [1.82, 2.24) is 9.29 Å². The number of benzene rings is 1. The molecule has 0 saturated heterocycles. The van der Waals surface area contributed by atoms with Crippen molar-refractivity contribution >= 4 is 10.0 Å². The Morgan fingerprint density at radius 1 is 1.22 bits per heavy atom. The van der Waals surface area contributed by atoms with E-state index < -0.39 is 15.8 Å². The second kappa shape index (κ2) is 5.76. The molecule has 6 heteroatoms. The number of rotatable bonds is 5. The molecule has 0 atom stereocenters. The molecule has 0 bridgehead atoms.